The minimum Gasteiger partial charge on any atom is -0.503 e. The average Bonchev–Trinajstić information content (AvgIpc) is 2.34. The van der Waals surface area contributed by atoms with Crippen molar-refractivity contribution in [3.8, 4) is 5.75 Å². The molecule has 1 rings (SSSR count). The van der Waals surface area contributed by atoms with E-state index in [2.05, 4.69) is 14.7 Å². The summed E-state index contributed by atoms with van der Waals surface area (Å²) in [6.45, 7) is 1.75. The van der Waals surface area contributed by atoms with Gasteiger partial charge in [-0.3, -0.25) is 4.99 Å². The molecule has 0 bridgehead atoms. The predicted octanol–water partition coefficient (Wildman–Crippen LogP) is 0.819. The highest BCUT2D eigenvalue weighted by Crippen LogP contribution is 2.14. The number of rotatable bonds is 1. The van der Waals surface area contributed by atoms with Crippen molar-refractivity contribution in [2.75, 3.05) is 7.05 Å². The second kappa shape index (κ2) is 2.51. The van der Waals surface area contributed by atoms with Crippen LogP contribution in [0.15, 0.2) is 15.8 Å². The first kappa shape index (κ1) is 6.80. The fourth-order valence-corrected chi connectivity index (χ4v) is 0.589. The van der Waals surface area contributed by atoms with Gasteiger partial charge in [0, 0.05) is 7.05 Å². The molecule has 0 amide bonds. The second-order valence-corrected chi connectivity index (χ2v) is 1.86. The van der Waals surface area contributed by atoms with Crippen LogP contribution in [0.1, 0.15) is 12.6 Å². The smallest absolute Gasteiger partial charge is 0.185 e. The number of nitrogens with zero attached hydrogens (tertiary/aromatic N) is 2. The molecule has 4 nitrogen and oxygen atoms in total. The highest BCUT2D eigenvalue weighted by Gasteiger charge is 2.07. The molecule has 0 aliphatic heterocycles. The van der Waals surface area contributed by atoms with Gasteiger partial charge in [0.05, 0.1) is 5.71 Å². The van der Waals surface area contributed by atoms with Gasteiger partial charge in [0.2, 0.25) is 0 Å². The fourth-order valence-electron chi connectivity index (χ4n) is 0.589. The molecule has 0 radical (unpaired) electrons. The van der Waals surface area contributed by atoms with E-state index in [0.717, 1.165) is 0 Å². The van der Waals surface area contributed by atoms with Gasteiger partial charge < -0.3 is 9.63 Å². The highest BCUT2D eigenvalue weighted by molar-refractivity contribution is 5.98. The Bertz CT molecular complexity index is 252. The van der Waals surface area contributed by atoms with E-state index in [9.17, 15) is 0 Å². The largest absolute Gasteiger partial charge is 0.503 e. The van der Waals surface area contributed by atoms with Crippen molar-refractivity contribution in [2.45, 2.75) is 6.92 Å². The number of hydrogen-bond donors (Lipinski definition) is 1. The van der Waals surface area contributed by atoms with E-state index >= 15 is 0 Å². The van der Waals surface area contributed by atoms with Crippen LogP contribution in [0, 0.1) is 0 Å². The zero-order valence-corrected chi connectivity index (χ0v) is 5.83. The molecule has 0 aliphatic rings. The van der Waals surface area contributed by atoms with Gasteiger partial charge >= 0.3 is 0 Å². The van der Waals surface area contributed by atoms with Gasteiger partial charge in [-0.05, 0) is 6.92 Å². The van der Waals surface area contributed by atoms with Crippen LogP contribution in [0.5, 0.6) is 5.75 Å². The summed E-state index contributed by atoms with van der Waals surface area (Å²) in [6.07, 6.45) is 1.17. The SMILES string of the molecule is CN=C(C)c1nocc1O. The molecular weight excluding hydrogens is 132 g/mol. The lowest BCUT2D eigenvalue weighted by atomic mass is 10.3. The summed E-state index contributed by atoms with van der Waals surface area (Å²) in [7, 11) is 1.63. The molecule has 0 unspecified atom stereocenters. The molecule has 0 aromatic carbocycles. The van der Waals surface area contributed by atoms with Crippen molar-refractivity contribution < 1.29 is 9.63 Å². The summed E-state index contributed by atoms with van der Waals surface area (Å²) in [5.74, 6) is 0.0306. The van der Waals surface area contributed by atoms with Crippen molar-refractivity contribution >= 4 is 5.71 Å². The Labute approximate surface area is 58.2 Å². The predicted molar refractivity (Wildman–Crippen MR) is 36.3 cm³/mol. The summed E-state index contributed by atoms with van der Waals surface area (Å²) < 4.78 is 4.49. The number of aliphatic imine (C=N–C) groups is 1. The van der Waals surface area contributed by atoms with Gasteiger partial charge in [-0.1, -0.05) is 5.16 Å². The van der Waals surface area contributed by atoms with E-state index in [-0.39, 0.29) is 5.75 Å². The minimum atomic E-state index is 0.0306. The minimum absolute atomic E-state index is 0.0306. The molecule has 0 saturated carbocycles. The molecule has 10 heavy (non-hydrogen) atoms. The van der Waals surface area contributed by atoms with Crippen LogP contribution in [-0.2, 0) is 0 Å². The van der Waals surface area contributed by atoms with E-state index in [1.165, 1.54) is 6.26 Å². The second-order valence-electron chi connectivity index (χ2n) is 1.86. The molecule has 0 saturated heterocycles. The lowest BCUT2D eigenvalue weighted by Crippen LogP contribution is -1.93. The summed E-state index contributed by atoms with van der Waals surface area (Å²) in [6, 6.07) is 0. The van der Waals surface area contributed by atoms with Crippen LogP contribution in [0.25, 0.3) is 0 Å². The van der Waals surface area contributed by atoms with Crippen LogP contribution < -0.4 is 0 Å². The van der Waals surface area contributed by atoms with E-state index < -0.39 is 0 Å². The molecular formula is C6H8N2O2. The third-order valence-corrected chi connectivity index (χ3v) is 1.23. The van der Waals surface area contributed by atoms with Crippen LogP contribution in [-0.4, -0.2) is 23.0 Å². The molecule has 0 spiro atoms. The third-order valence-electron chi connectivity index (χ3n) is 1.23. The number of aromatic hydroxyl groups is 1. The Morgan fingerprint density at radius 1 is 1.80 bits per heavy atom. The average molecular weight is 140 g/mol. The maximum absolute atomic E-state index is 9.01. The molecule has 1 aromatic heterocycles. The van der Waals surface area contributed by atoms with Crippen molar-refractivity contribution in [3.05, 3.63) is 12.0 Å². The van der Waals surface area contributed by atoms with Crippen molar-refractivity contribution in [1.82, 2.24) is 5.16 Å². The lowest BCUT2D eigenvalue weighted by Gasteiger charge is -1.89. The lowest BCUT2D eigenvalue weighted by molar-refractivity contribution is 0.407. The number of aromatic nitrogens is 1. The van der Waals surface area contributed by atoms with Gasteiger partial charge in [0.1, 0.15) is 0 Å². The molecule has 4 heteroatoms. The summed E-state index contributed by atoms with van der Waals surface area (Å²) in [4.78, 5) is 3.83. The topological polar surface area (TPSA) is 58.6 Å². The quantitative estimate of drug-likeness (QED) is 0.587. The van der Waals surface area contributed by atoms with Crippen molar-refractivity contribution in [2.24, 2.45) is 4.99 Å². The molecule has 1 N–H and O–H groups in total. The molecule has 54 valence electrons. The van der Waals surface area contributed by atoms with E-state index in [4.69, 9.17) is 5.11 Å². The van der Waals surface area contributed by atoms with Crippen LogP contribution in [0.3, 0.4) is 0 Å². The van der Waals surface area contributed by atoms with E-state index in [1.807, 2.05) is 0 Å². The Morgan fingerprint density at radius 3 is 2.90 bits per heavy atom. The van der Waals surface area contributed by atoms with Gasteiger partial charge in [-0.2, -0.15) is 0 Å². The fraction of sp³-hybridized carbons (Fsp3) is 0.333. The standard InChI is InChI=1S/C6H8N2O2/c1-4(7-2)6-5(9)3-10-8-6/h3,9H,1-2H3. The van der Waals surface area contributed by atoms with Gasteiger partial charge in [0.25, 0.3) is 0 Å². The summed E-state index contributed by atoms with van der Waals surface area (Å²) in [5.41, 5.74) is 1.06. The highest BCUT2D eigenvalue weighted by atomic mass is 16.5. The van der Waals surface area contributed by atoms with Crippen molar-refractivity contribution in [3.63, 3.8) is 0 Å². The maximum atomic E-state index is 9.01. The normalized spacial score (nSPS) is 12.0. The Morgan fingerprint density at radius 2 is 2.50 bits per heavy atom. The maximum Gasteiger partial charge on any atom is 0.185 e. The summed E-state index contributed by atoms with van der Waals surface area (Å²) >= 11 is 0. The Hall–Kier alpha value is -1.32. The van der Waals surface area contributed by atoms with E-state index in [0.29, 0.717) is 11.4 Å². The Kier molecular flexibility index (Phi) is 1.71. The molecule has 0 aliphatic carbocycles. The van der Waals surface area contributed by atoms with Crippen LogP contribution in [0.2, 0.25) is 0 Å². The zero-order valence-electron chi connectivity index (χ0n) is 5.83. The molecule has 0 atom stereocenters. The first-order chi connectivity index (χ1) is 4.75. The van der Waals surface area contributed by atoms with Crippen LogP contribution in [0.4, 0.5) is 0 Å². The number of hydrogen-bond acceptors (Lipinski definition) is 4. The monoisotopic (exact) mass is 140 g/mol. The van der Waals surface area contributed by atoms with Crippen molar-refractivity contribution in [1.29, 1.82) is 0 Å². The van der Waals surface area contributed by atoms with Gasteiger partial charge in [-0.25, -0.2) is 0 Å². The first-order valence-corrected chi connectivity index (χ1v) is 2.82. The van der Waals surface area contributed by atoms with E-state index in [1.54, 1.807) is 14.0 Å². The molecule has 1 aromatic rings. The Balaban J connectivity index is 3.05. The van der Waals surface area contributed by atoms with Crippen LogP contribution >= 0.6 is 0 Å². The van der Waals surface area contributed by atoms with Gasteiger partial charge in [0.15, 0.2) is 17.7 Å². The molecule has 0 fully saturated rings. The third kappa shape index (κ3) is 1.00. The molecule has 1 heterocycles. The van der Waals surface area contributed by atoms with Gasteiger partial charge in [-0.15, -0.1) is 0 Å². The summed E-state index contributed by atoms with van der Waals surface area (Å²) in [5, 5.41) is 12.5. The zero-order chi connectivity index (χ0) is 7.56. The first-order valence-electron chi connectivity index (χ1n) is 2.82.